The van der Waals surface area contributed by atoms with Crippen molar-refractivity contribution in [1.82, 2.24) is 15.1 Å². The lowest BCUT2D eigenvalue weighted by molar-refractivity contribution is -0.122. The zero-order valence-corrected chi connectivity index (χ0v) is 15.4. The summed E-state index contributed by atoms with van der Waals surface area (Å²) in [6, 6.07) is 13.2. The van der Waals surface area contributed by atoms with E-state index in [4.69, 9.17) is 0 Å². The Morgan fingerprint density at radius 2 is 1.85 bits per heavy atom. The van der Waals surface area contributed by atoms with Crippen LogP contribution >= 0.6 is 0 Å². The number of nitrogens with zero attached hydrogens (tertiary/aromatic N) is 2. The highest BCUT2D eigenvalue weighted by molar-refractivity contribution is 5.79. The van der Waals surface area contributed by atoms with E-state index in [1.165, 1.54) is 18.3 Å². The fourth-order valence-electron chi connectivity index (χ4n) is 3.10. The van der Waals surface area contributed by atoms with Gasteiger partial charge in [-0.3, -0.25) is 14.3 Å². The van der Waals surface area contributed by atoms with E-state index in [1.54, 1.807) is 28.9 Å². The number of halogens is 1. The molecule has 0 fully saturated rings. The van der Waals surface area contributed by atoms with E-state index in [9.17, 15) is 14.0 Å². The first kappa shape index (κ1) is 18.8. The number of benzene rings is 2. The van der Waals surface area contributed by atoms with Crippen molar-refractivity contribution in [3.8, 4) is 0 Å². The van der Waals surface area contributed by atoms with Crippen LogP contribution in [0.5, 0.6) is 0 Å². The van der Waals surface area contributed by atoms with Crippen LogP contribution in [0, 0.1) is 11.7 Å². The SMILES string of the molecule is CC(C)[C@@H](NC(=O)CCn1ncc(=O)c2ccccc21)c1ccc(F)cc1. The molecule has 0 saturated carbocycles. The average Bonchev–Trinajstić information content (AvgIpc) is 2.66. The van der Waals surface area contributed by atoms with E-state index < -0.39 is 0 Å². The predicted molar refractivity (Wildman–Crippen MR) is 103 cm³/mol. The van der Waals surface area contributed by atoms with Gasteiger partial charge in [0.1, 0.15) is 5.82 Å². The molecule has 140 valence electrons. The summed E-state index contributed by atoms with van der Waals surface area (Å²) in [7, 11) is 0. The topological polar surface area (TPSA) is 64.0 Å². The lowest BCUT2D eigenvalue weighted by Crippen LogP contribution is -2.32. The molecule has 1 amide bonds. The van der Waals surface area contributed by atoms with Crippen LogP contribution in [-0.2, 0) is 11.3 Å². The van der Waals surface area contributed by atoms with Gasteiger partial charge in [0.25, 0.3) is 0 Å². The molecule has 27 heavy (non-hydrogen) atoms. The molecule has 5 nitrogen and oxygen atoms in total. The predicted octanol–water partition coefficient (Wildman–Crippen LogP) is 3.44. The number of fused-ring (bicyclic) bond motifs is 1. The Morgan fingerprint density at radius 3 is 2.56 bits per heavy atom. The van der Waals surface area contributed by atoms with Crippen molar-refractivity contribution in [2.24, 2.45) is 5.92 Å². The molecule has 0 unspecified atom stereocenters. The largest absolute Gasteiger partial charge is 0.349 e. The van der Waals surface area contributed by atoms with Crippen molar-refractivity contribution in [2.45, 2.75) is 32.9 Å². The van der Waals surface area contributed by atoms with Gasteiger partial charge in [-0.15, -0.1) is 0 Å². The second-order valence-electron chi connectivity index (χ2n) is 6.84. The zero-order valence-electron chi connectivity index (χ0n) is 15.4. The molecule has 0 aliphatic heterocycles. The van der Waals surface area contributed by atoms with Crippen LogP contribution in [0.4, 0.5) is 4.39 Å². The Bertz CT molecular complexity index is 996. The van der Waals surface area contributed by atoms with Gasteiger partial charge in [-0.2, -0.15) is 5.10 Å². The summed E-state index contributed by atoms with van der Waals surface area (Å²) in [6.45, 7) is 4.37. The van der Waals surface area contributed by atoms with Crippen molar-refractivity contribution < 1.29 is 9.18 Å². The molecule has 0 spiro atoms. The summed E-state index contributed by atoms with van der Waals surface area (Å²) in [5.41, 5.74) is 1.44. The van der Waals surface area contributed by atoms with Gasteiger partial charge >= 0.3 is 0 Å². The Kier molecular flexibility index (Phi) is 5.64. The van der Waals surface area contributed by atoms with Gasteiger partial charge in [-0.1, -0.05) is 38.1 Å². The molecule has 1 N–H and O–H groups in total. The molecule has 1 heterocycles. The number of aryl methyl sites for hydroxylation is 1. The fourth-order valence-corrected chi connectivity index (χ4v) is 3.10. The molecule has 0 saturated heterocycles. The second kappa shape index (κ2) is 8.12. The third kappa shape index (κ3) is 4.39. The summed E-state index contributed by atoms with van der Waals surface area (Å²) in [5.74, 6) is -0.267. The molecule has 3 aromatic rings. The number of aromatic nitrogens is 2. The van der Waals surface area contributed by atoms with Crippen LogP contribution in [0.15, 0.2) is 59.5 Å². The van der Waals surface area contributed by atoms with E-state index in [1.807, 2.05) is 26.0 Å². The highest BCUT2D eigenvalue weighted by Gasteiger charge is 2.18. The first-order chi connectivity index (χ1) is 13.0. The average molecular weight is 367 g/mol. The van der Waals surface area contributed by atoms with Crippen molar-refractivity contribution in [2.75, 3.05) is 0 Å². The molecule has 0 bridgehead atoms. The molecule has 0 aliphatic carbocycles. The van der Waals surface area contributed by atoms with E-state index in [-0.39, 0.29) is 35.5 Å². The number of nitrogens with one attached hydrogen (secondary N) is 1. The Balaban J connectivity index is 1.71. The van der Waals surface area contributed by atoms with Gasteiger partial charge in [0, 0.05) is 11.8 Å². The highest BCUT2D eigenvalue weighted by Crippen LogP contribution is 2.22. The van der Waals surface area contributed by atoms with Crippen LogP contribution < -0.4 is 10.7 Å². The molecule has 3 rings (SSSR count). The van der Waals surface area contributed by atoms with Gasteiger partial charge in [0.2, 0.25) is 11.3 Å². The maximum absolute atomic E-state index is 13.2. The normalized spacial score (nSPS) is 12.3. The molecule has 0 aliphatic rings. The van der Waals surface area contributed by atoms with E-state index in [2.05, 4.69) is 10.4 Å². The lowest BCUT2D eigenvalue weighted by Gasteiger charge is -2.23. The molecule has 2 aromatic carbocycles. The van der Waals surface area contributed by atoms with Crippen molar-refractivity contribution in [3.05, 3.63) is 76.3 Å². The third-order valence-corrected chi connectivity index (χ3v) is 4.52. The number of rotatable bonds is 6. The molecule has 6 heteroatoms. The fraction of sp³-hybridized carbons (Fsp3) is 0.286. The molecule has 0 radical (unpaired) electrons. The maximum Gasteiger partial charge on any atom is 0.222 e. The van der Waals surface area contributed by atoms with Crippen LogP contribution in [0.2, 0.25) is 0 Å². The second-order valence-corrected chi connectivity index (χ2v) is 6.84. The minimum atomic E-state index is -0.302. The van der Waals surface area contributed by atoms with E-state index >= 15 is 0 Å². The summed E-state index contributed by atoms with van der Waals surface area (Å²) in [5, 5.41) is 7.74. The van der Waals surface area contributed by atoms with Crippen LogP contribution in [0.3, 0.4) is 0 Å². The van der Waals surface area contributed by atoms with Gasteiger partial charge in [-0.25, -0.2) is 4.39 Å². The molecule has 1 atom stereocenters. The Labute approximate surface area is 156 Å². The monoisotopic (exact) mass is 367 g/mol. The minimum absolute atomic E-state index is 0.123. The first-order valence-corrected chi connectivity index (χ1v) is 8.95. The van der Waals surface area contributed by atoms with Gasteiger partial charge in [-0.05, 0) is 35.7 Å². The Morgan fingerprint density at radius 1 is 1.15 bits per heavy atom. The van der Waals surface area contributed by atoms with E-state index in [0.717, 1.165) is 5.56 Å². The lowest BCUT2D eigenvalue weighted by atomic mass is 9.96. The summed E-state index contributed by atoms with van der Waals surface area (Å²) in [6.07, 6.45) is 1.50. The van der Waals surface area contributed by atoms with Crippen molar-refractivity contribution in [1.29, 1.82) is 0 Å². The standard InChI is InChI=1S/C21H22FN3O2/c1-14(2)21(15-7-9-16(22)10-8-15)24-20(27)11-12-25-18-6-4-3-5-17(18)19(26)13-23-25/h3-10,13-14,21H,11-12H2,1-2H3,(H,24,27)/t21-/m1/s1. The van der Waals surface area contributed by atoms with Gasteiger partial charge < -0.3 is 5.32 Å². The van der Waals surface area contributed by atoms with E-state index in [0.29, 0.717) is 17.4 Å². The number of para-hydroxylation sites is 1. The molecular formula is C21H22FN3O2. The summed E-state index contributed by atoms with van der Waals surface area (Å²) < 4.78 is 14.8. The Hall–Kier alpha value is -3.02. The summed E-state index contributed by atoms with van der Waals surface area (Å²) >= 11 is 0. The number of amides is 1. The number of hydrogen-bond donors (Lipinski definition) is 1. The number of hydrogen-bond acceptors (Lipinski definition) is 3. The molecule has 1 aromatic heterocycles. The zero-order chi connectivity index (χ0) is 19.4. The minimum Gasteiger partial charge on any atom is -0.349 e. The highest BCUT2D eigenvalue weighted by atomic mass is 19.1. The van der Waals surface area contributed by atoms with Crippen molar-refractivity contribution >= 4 is 16.8 Å². The maximum atomic E-state index is 13.2. The van der Waals surface area contributed by atoms with Crippen molar-refractivity contribution in [3.63, 3.8) is 0 Å². The first-order valence-electron chi connectivity index (χ1n) is 8.95. The number of carbonyl (C=O) groups is 1. The van der Waals surface area contributed by atoms with Crippen LogP contribution in [0.25, 0.3) is 10.9 Å². The van der Waals surface area contributed by atoms with Crippen LogP contribution in [-0.4, -0.2) is 15.7 Å². The smallest absolute Gasteiger partial charge is 0.222 e. The quantitative estimate of drug-likeness (QED) is 0.726. The number of carbonyl (C=O) groups excluding carboxylic acids is 1. The summed E-state index contributed by atoms with van der Waals surface area (Å²) in [4.78, 5) is 24.4. The van der Waals surface area contributed by atoms with Gasteiger partial charge in [0.15, 0.2) is 0 Å². The van der Waals surface area contributed by atoms with Gasteiger partial charge in [0.05, 0.1) is 24.3 Å². The third-order valence-electron chi connectivity index (χ3n) is 4.52. The van der Waals surface area contributed by atoms with Crippen LogP contribution in [0.1, 0.15) is 31.9 Å². The molecular weight excluding hydrogens is 345 g/mol.